The van der Waals surface area contributed by atoms with Crippen molar-refractivity contribution in [2.75, 3.05) is 11.4 Å². The Kier molecular flexibility index (Phi) is 12.7. The van der Waals surface area contributed by atoms with Gasteiger partial charge in [0.05, 0.1) is 32.9 Å². The van der Waals surface area contributed by atoms with Gasteiger partial charge < -0.3 is 4.74 Å². The van der Waals surface area contributed by atoms with Crippen LogP contribution in [0.1, 0.15) is 198 Å². The molecule has 2 aromatic heterocycles. The zero-order valence-corrected chi connectivity index (χ0v) is 46.0. The molecule has 0 bridgehead atoms. The van der Waals surface area contributed by atoms with Gasteiger partial charge in [-0.2, -0.15) is 0 Å². The SMILES string of the molecule is CCCCC(CC)CN1C(=O)c2ccc3c4c(ccc(c24)C1=O)C(=O)N(c1cc(C(C)(C)C)cc2c1Oc1c(-n4c(=O)c5cc6c(=O)n(CC(CC)CCCC)c(=O)c6cc5c4=O)cc(C(C)(C)C)cc1C2(C)C)C3=O. The van der Waals surface area contributed by atoms with Gasteiger partial charge in [0.15, 0.2) is 11.5 Å². The number of benzene rings is 5. The van der Waals surface area contributed by atoms with Crippen molar-refractivity contribution >= 4 is 61.6 Å². The molecule has 0 fully saturated rings. The minimum Gasteiger partial charge on any atom is -0.452 e. The monoisotopic (exact) mass is 1020 g/mol. The van der Waals surface area contributed by atoms with Crippen LogP contribution in [0.5, 0.6) is 11.5 Å². The lowest BCUT2D eigenvalue weighted by Crippen LogP contribution is -2.45. The highest BCUT2D eigenvalue weighted by molar-refractivity contribution is 6.39. The third-order valence-electron chi connectivity index (χ3n) is 16.8. The third-order valence-corrected chi connectivity index (χ3v) is 16.8. The maximum atomic E-state index is 15.3. The molecule has 5 aromatic carbocycles. The normalized spacial score (nSPS) is 16.0. The van der Waals surface area contributed by atoms with Crippen LogP contribution < -0.4 is 31.9 Å². The van der Waals surface area contributed by atoms with Crippen LogP contribution in [0, 0.1) is 11.8 Å². The molecule has 394 valence electrons. The van der Waals surface area contributed by atoms with E-state index in [2.05, 4.69) is 20.8 Å². The van der Waals surface area contributed by atoms with Crippen molar-refractivity contribution in [1.82, 2.24) is 14.0 Å². The van der Waals surface area contributed by atoms with Crippen molar-refractivity contribution < 1.29 is 23.9 Å². The van der Waals surface area contributed by atoms with Gasteiger partial charge in [0.1, 0.15) is 0 Å². The molecule has 0 radical (unpaired) electrons. The molecular formula is C63H68N4O9. The van der Waals surface area contributed by atoms with E-state index in [1.54, 1.807) is 36.4 Å². The van der Waals surface area contributed by atoms with Crippen LogP contribution in [-0.2, 0) is 22.8 Å². The van der Waals surface area contributed by atoms with E-state index in [1.807, 2.05) is 74.4 Å². The summed E-state index contributed by atoms with van der Waals surface area (Å²) in [7, 11) is 0. The standard InChI is InChI=1S/C63H68N4O9/c1-13-17-19-33(15-3)31-64-53(68)37-21-23-39-50-40(24-22-38(49(37)50)54(64)69)58(73)66(57(39)72)47-27-35(61(5,6)7)25-45-51(47)76-52-46(63(45,11)12)26-36(62(8,9)10)28-48(52)67-59(74)43-29-41-42(30-44(43)60(67)75)56(71)65(55(41)70)32-34(16-4)20-18-14-2/h21-30,33-34H,13-20,31-32H2,1-12H3. The maximum absolute atomic E-state index is 15.3. The van der Waals surface area contributed by atoms with Gasteiger partial charge in [-0.1, -0.05) is 134 Å². The van der Waals surface area contributed by atoms with Gasteiger partial charge in [0, 0.05) is 62.7 Å². The molecule has 0 saturated heterocycles. The number of amides is 4. The lowest BCUT2D eigenvalue weighted by molar-refractivity contribution is 0.0578. The summed E-state index contributed by atoms with van der Waals surface area (Å²) in [5, 5.41) is 0.660. The van der Waals surface area contributed by atoms with Crippen LogP contribution in [0.25, 0.3) is 38.0 Å². The van der Waals surface area contributed by atoms with Gasteiger partial charge in [-0.05, 0) is 95.2 Å². The fourth-order valence-electron chi connectivity index (χ4n) is 11.9. The van der Waals surface area contributed by atoms with E-state index < -0.39 is 62.1 Å². The second-order valence-corrected chi connectivity index (χ2v) is 24.2. The van der Waals surface area contributed by atoms with Crippen LogP contribution in [0.4, 0.5) is 5.69 Å². The van der Waals surface area contributed by atoms with Gasteiger partial charge in [0.25, 0.3) is 45.9 Å². The molecule has 3 aliphatic heterocycles. The van der Waals surface area contributed by atoms with E-state index >= 15 is 9.59 Å². The first kappa shape index (κ1) is 52.2. The molecule has 3 aliphatic rings. The third kappa shape index (κ3) is 7.92. The summed E-state index contributed by atoms with van der Waals surface area (Å²) >= 11 is 0. The molecular weight excluding hydrogens is 957 g/mol. The van der Waals surface area contributed by atoms with Crippen LogP contribution >= 0.6 is 0 Å². The molecule has 2 atom stereocenters. The summed E-state index contributed by atoms with van der Waals surface area (Å²) in [6.07, 6.45) is 7.26. The highest BCUT2D eigenvalue weighted by Gasteiger charge is 2.46. The molecule has 0 N–H and O–H groups in total. The lowest BCUT2D eigenvalue weighted by atomic mass is 9.71. The number of carbonyl (C=O) groups excluding carboxylic acids is 4. The molecule has 0 saturated carbocycles. The topological polar surface area (TPSA) is 162 Å². The number of hydrogen-bond donors (Lipinski definition) is 0. The maximum Gasteiger partial charge on any atom is 0.266 e. The van der Waals surface area contributed by atoms with E-state index in [0.29, 0.717) is 11.1 Å². The van der Waals surface area contributed by atoms with Gasteiger partial charge in [-0.15, -0.1) is 0 Å². The summed E-state index contributed by atoms with van der Waals surface area (Å²) in [4.78, 5) is 119. The lowest BCUT2D eigenvalue weighted by Gasteiger charge is -2.40. The van der Waals surface area contributed by atoms with Crippen molar-refractivity contribution in [3.05, 3.63) is 147 Å². The van der Waals surface area contributed by atoms with Crippen LogP contribution in [0.2, 0.25) is 0 Å². The Morgan fingerprint density at radius 1 is 0.500 bits per heavy atom. The summed E-state index contributed by atoms with van der Waals surface area (Å²) in [6.45, 7) is 25.0. The number of hydrogen-bond acceptors (Lipinski definition) is 9. The molecule has 0 aliphatic carbocycles. The average molecular weight is 1030 g/mol. The highest BCUT2D eigenvalue weighted by atomic mass is 16.5. The number of rotatable bonds is 14. The number of fused-ring (bicyclic) bond motifs is 4. The Bertz CT molecular complexity index is 3740. The molecule has 4 amide bonds. The molecule has 10 rings (SSSR count). The Morgan fingerprint density at radius 2 is 0.895 bits per heavy atom. The zero-order valence-electron chi connectivity index (χ0n) is 46.0. The van der Waals surface area contributed by atoms with Crippen molar-refractivity contribution in [1.29, 1.82) is 0 Å². The predicted octanol–water partition coefficient (Wildman–Crippen LogP) is 11.9. The first-order valence-corrected chi connectivity index (χ1v) is 27.2. The summed E-state index contributed by atoms with van der Waals surface area (Å²) in [5.41, 5.74) is -0.410. The van der Waals surface area contributed by atoms with E-state index in [1.165, 1.54) is 21.6 Å². The Labute approximate surface area is 442 Å². The second-order valence-electron chi connectivity index (χ2n) is 24.2. The predicted molar refractivity (Wildman–Crippen MR) is 299 cm³/mol. The number of ether oxygens (including phenoxy) is 1. The number of aromatic nitrogens is 2. The van der Waals surface area contributed by atoms with Gasteiger partial charge in [0.2, 0.25) is 0 Å². The minimum absolute atomic E-state index is 0.0118. The van der Waals surface area contributed by atoms with Crippen molar-refractivity contribution in [2.45, 2.75) is 157 Å². The smallest absolute Gasteiger partial charge is 0.266 e. The van der Waals surface area contributed by atoms with Crippen LogP contribution in [-0.4, -0.2) is 44.2 Å². The molecule has 13 nitrogen and oxygen atoms in total. The fourth-order valence-corrected chi connectivity index (χ4v) is 11.9. The minimum atomic E-state index is -0.953. The zero-order chi connectivity index (χ0) is 54.8. The van der Waals surface area contributed by atoms with Crippen molar-refractivity contribution in [3.63, 3.8) is 0 Å². The highest BCUT2D eigenvalue weighted by Crippen LogP contribution is 2.56. The fraction of sp³-hybridized carbons (Fsp3) is 0.429. The van der Waals surface area contributed by atoms with E-state index in [-0.39, 0.29) is 102 Å². The van der Waals surface area contributed by atoms with Crippen molar-refractivity contribution in [2.24, 2.45) is 11.8 Å². The summed E-state index contributed by atoms with van der Waals surface area (Å²) in [6, 6.07) is 16.6. The Morgan fingerprint density at radius 3 is 1.32 bits per heavy atom. The second kappa shape index (κ2) is 18.5. The summed E-state index contributed by atoms with van der Waals surface area (Å²) < 4.78 is 9.39. The number of anilines is 1. The number of imide groups is 2. The largest absolute Gasteiger partial charge is 0.452 e. The first-order chi connectivity index (χ1) is 35.9. The Balaban J connectivity index is 1.14. The number of carbonyl (C=O) groups is 4. The quantitative estimate of drug-likeness (QED) is 0.0965. The van der Waals surface area contributed by atoms with Crippen molar-refractivity contribution in [3.8, 4) is 17.2 Å². The molecule has 5 heterocycles. The van der Waals surface area contributed by atoms with E-state index in [0.717, 1.165) is 72.0 Å². The molecule has 13 heteroatoms. The molecule has 2 unspecified atom stereocenters. The Hall–Kier alpha value is -7.28. The molecule has 76 heavy (non-hydrogen) atoms. The van der Waals surface area contributed by atoms with Gasteiger partial charge >= 0.3 is 0 Å². The number of unbranched alkanes of at least 4 members (excludes halogenated alkanes) is 2. The van der Waals surface area contributed by atoms with Crippen LogP contribution in [0.15, 0.2) is 79.8 Å². The molecule has 7 aromatic rings. The van der Waals surface area contributed by atoms with E-state index in [4.69, 9.17) is 4.74 Å². The van der Waals surface area contributed by atoms with Gasteiger partial charge in [-0.3, -0.25) is 47.8 Å². The molecule has 0 spiro atoms. The van der Waals surface area contributed by atoms with Gasteiger partial charge in [-0.25, -0.2) is 9.47 Å². The van der Waals surface area contributed by atoms with Crippen LogP contribution in [0.3, 0.4) is 0 Å². The van der Waals surface area contributed by atoms with E-state index in [9.17, 15) is 28.8 Å². The first-order valence-electron chi connectivity index (χ1n) is 27.2. The number of nitrogens with zero attached hydrogens (tertiary/aromatic N) is 4. The summed E-state index contributed by atoms with van der Waals surface area (Å²) in [5.74, 6) is -1.71. The average Bonchev–Trinajstić information content (AvgIpc) is 3.79.